The summed E-state index contributed by atoms with van der Waals surface area (Å²) in [6.07, 6.45) is 2.68. The Balaban J connectivity index is 1.40. The Labute approximate surface area is 239 Å². The Hall–Kier alpha value is -4.49. The third-order valence-electron chi connectivity index (χ3n) is 6.77. The first-order valence-electron chi connectivity index (χ1n) is 12.0. The zero-order valence-electron chi connectivity index (χ0n) is 20.8. The lowest BCUT2D eigenvalue weighted by Crippen LogP contribution is -2.19. The van der Waals surface area contributed by atoms with Gasteiger partial charge in [0.15, 0.2) is 0 Å². The van der Waals surface area contributed by atoms with Crippen LogP contribution in [0.4, 0.5) is 10.5 Å². The van der Waals surface area contributed by atoms with Gasteiger partial charge in [-0.2, -0.15) is 4.68 Å². The Morgan fingerprint density at radius 2 is 2.08 bits per heavy atom. The molecule has 0 bridgehead atoms. The summed E-state index contributed by atoms with van der Waals surface area (Å²) in [4.78, 5) is 32.4. The first-order valence-corrected chi connectivity index (χ1v) is 13.2. The normalized spacial score (nSPS) is 14.2. The van der Waals surface area contributed by atoms with E-state index in [0.717, 1.165) is 11.3 Å². The molecule has 4 heterocycles. The summed E-state index contributed by atoms with van der Waals surface area (Å²) in [5, 5.41) is 23.4. The van der Waals surface area contributed by atoms with Gasteiger partial charge in [-0.3, -0.25) is 10.1 Å². The first-order chi connectivity index (χ1) is 19.3. The van der Waals surface area contributed by atoms with Crippen molar-refractivity contribution in [1.29, 1.82) is 0 Å². The molecule has 2 aromatic carbocycles. The zero-order chi connectivity index (χ0) is 28.0. The number of halogens is 2. The average molecular weight is 624 g/mol. The molecule has 6 rings (SSSR count). The Bertz CT molecular complexity index is 1820. The number of carboxylic acid groups (broad SMARTS) is 1. The zero-order valence-corrected chi connectivity index (χ0v) is 23.1. The van der Waals surface area contributed by atoms with Crippen LogP contribution in [-0.2, 0) is 6.54 Å². The van der Waals surface area contributed by atoms with Crippen molar-refractivity contribution in [3.05, 3.63) is 86.4 Å². The SMILES string of the molecule is COc1cc(NC(=O)O)c(Br)cc1-c1cnc(C2CCn3c2cc(-c2cc(Cl)ccc2-n2cnnn2)cc3=O)[nH]1. The third kappa shape index (κ3) is 4.62. The molecule has 1 aliphatic heterocycles. The fourth-order valence-corrected chi connectivity index (χ4v) is 5.60. The second-order valence-electron chi connectivity index (χ2n) is 9.06. The molecule has 1 amide bonds. The van der Waals surface area contributed by atoms with E-state index in [2.05, 4.69) is 46.7 Å². The number of hydrogen-bond acceptors (Lipinski definition) is 7. The van der Waals surface area contributed by atoms with Gasteiger partial charge in [0.05, 0.1) is 36.3 Å². The highest BCUT2D eigenvalue weighted by atomic mass is 79.9. The van der Waals surface area contributed by atoms with Gasteiger partial charge in [-0.25, -0.2) is 9.78 Å². The molecular formula is C26H20BrClN8O4. The lowest BCUT2D eigenvalue weighted by atomic mass is 9.98. The van der Waals surface area contributed by atoms with E-state index in [-0.39, 0.29) is 11.5 Å². The van der Waals surface area contributed by atoms with E-state index in [1.807, 2.05) is 6.07 Å². The number of methoxy groups -OCH3 is 1. The van der Waals surface area contributed by atoms with Gasteiger partial charge in [0.2, 0.25) is 0 Å². The quantitative estimate of drug-likeness (QED) is 0.241. The van der Waals surface area contributed by atoms with Crippen LogP contribution in [0, 0.1) is 0 Å². The molecule has 0 aliphatic carbocycles. The molecule has 14 heteroatoms. The van der Waals surface area contributed by atoms with E-state index < -0.39 is 6.09 Å². The van der Waals surface area contributed by atoms with Crippen LogP contribution in [0.2, 0.25) is 5.02 Å². The molecule has 1 unspecified atom stereocenters. The molecule has 5 aromatic rings. The molecule has 0 radical (unpaired) electrons. The molecule has 3 N–H and O–H groups in total. The number of ether oxygens (including phenoxy) is 1. The van der Waals surface area contributed by atoms with Crippen molar-refractivity contribution in [1.82, 2.24) is 34.7 Å². The second-order valence-corrected chi connectivity index (χ2v) is 10.4. The monoisotopic (exact) mass is 622 g/mol. The molecule has 1 atom stereocenters. The van der Waals surface area contributed by atoms with Gasteiger partial charge in [0.1, 0.15) is 17.9 Å². The smallest absolute Gasteiger partial charge is 0.409 e. The van der Waals surface area contributed by atoms with E-state index >= 15 is 0 Å². The molecule has 202 valence electrons. The van der Waals surface area contributed by atoms with Crippen molar-refractivity contribution < 1.29 is 14.6 Å². The summed E-state index contributed by atoms with van der Waals surface area (Å²) in [6, 6.07) is 12.2. The van der Waals surface area contributed by atoms with Crippen molar-refractivity contribution >= 4 is 39.3 Å². The fourth-order valence-electron chi connectivity index (χ4n) is 4.99. The van der Waals surface area contributed by atoms with Crippen molar-refractivity contribution in [3.8, 4) is 33.8 Å². The second kappa shape index (κ2) is 10.2. The van der Waals surface area contributed by atoms with Gasteiger partial charge < -0.3 is 19.4 Å². The van der Waals surface area contributed by atoms with Crippen molar-refractivity contribution in [3.63, 3.8) is 0 Å². The number of benzene rings is 2. The van der Waals surface area contributed by atoms with Crippen LogP contribution in [0.3, 0.4) is 0 Å². The van der Waals surface area contributed by atoms with Crippen LogP contribution >= 0.6 is 27.5 Å². The summed E-state index contributed by atoms with van der Waals surface area (Å²) in [7, 11) is 1.51. The van der Waals surface area contributed by atoms with Crippen LogP contribution in [0.25, 0.3) is 28.1 Å². The minimum absolute atomic E-state index is 0.128. The van der Waals surface area contributed by atoms with Crippen molar-refractivity contribution in [2.24, 2.45) is 0 Å². The molecule has 40 heavy (non-hydrogen) atoms. The number of fused-ring (bicyclic) bond motifs is 1. The van der Waals surface area contributed by atoms with E-state index in [9.17, 15) is 9.59 Å². The maximum atomic E-state index is 13.2. The molecule has 0 spiro atoms. The lowest BCUT2D eigenvalue weighted by molar-refractivity contribution is 0.209. The summed E-state index contributed by atoms with van der Waals surface area (Å²) in [5.41, 5.74) is 4.52. The standard InChI is InChI=1S/C26H20BrClN8O4/c1-40-23-10-19(32-26(38)39)18(27)9-17(23)20-11-29-25(31-20)15-4-5-35-22(15)6-13(7-24(35)37)16-8-14(28)2-3-21(16)36-12-30-33-34-36/h2-3,6-12,15,32H,4-5H2,1H3,(H,29,31)(H,38,39). The van der Waals surface area contributed by atoms with Crippen LogP contribution in [0.5, 0.6) is 5.75 Å². The highest BCUT2D eigenvalue weighted by Crippen LogP contribution is 2.40. The number of carbonyl (C=O) groups is 1. The van der Waals surface area contributed by atoms with Gasteiger partial charge >= 0.3 is 6.09 Å². The molecule has 0 fully saturated rings. The lowest BCUT2D eigenvalue weighted by Gasteiger charge is -2.14. The number of nitrogens with one attached hydrogen (secondary N) is 2. The van der Waals surface area contributed by atoms with Gasteiger partial charge in [0, 0.05) is 45.0 Å². The maximum Gasteiger partial charge on any atom is 0.409 e. The number of aromatic nitrogens is 7. The predicted molar refractivity (Wildman–Crippen MR) is 150 cm³/mol. The van der Waals surface area contributed by atoms with Gasteiger partial charge in [-0.05, 0) is 68.7 Å². The van der Waals surface area contributed by atoms with E-state index in [4.69, 9.17) is 21.4 Å². The number of hydrogen-bond donors (Lipinski definition) is 3. The Morgan fingerprint density at radius 3 is 2.83 bits per heavy atom. The number of aromatic amines is 1. The number of tetrazole rings is 1. The predicted octanol–water partition coefficient (Wildman–Crippen LogP) is 4.93. The van der Waals surface area contributed by atoms with Crippen LogP contribution in [0.15, 0.2) is 64.3 Å². The van der Waals surface area contributed by atoms with Crippen molar-refractivity contribution in [2.75, 3.05) is 12.4 Å². The molecule has 0 saturated carbocycles. The number of anilines is 1. The minimum atomic E-state index is -1.18. The summed E-state index contributed by atoms with van der Waals surface area (Å²) in [6.45, 7) is 0.551. The number of H-pyrrole nitrogens is 1. The number of nitrogens with zero attached hydrogens (tertiary/aromatic N) is 6. The molecular weight excluding hydrogens is 604 g/mol. The summed E-state index contributed by atoms with van der Waals surface area (Å²) < 4.78 is 9.35. The average Bonchev–Trinajstić information content (AvgIpc) is 3.70. The Kier molecular flexibility index (Phi) is 6.60. The highest BCUT2D eigenvalue weighted by Gasteiger charge is 2.29. The maximum absolute atomic E-state index is 13.2. The van der Waals surface area contributed by atoms with Gasteiger partial charge in [-0.15, -0.1) is 5.10 Å². The number of rotatable bonds is 6. The molecule has 1 aliphatic rings. The fraction of sp³-hybridized carbons (Fsp3) is 0.154. The van der Waals surface area contributed by atoms with E-state index in [1.165, 1.54) is 18.1 Å². The largest absolute Gasteiger partial charge is 0.496 e. The highest BCUT2D eigenvalue weighted by molar-refractivity contribution is 9.10. The first kappa shape index (κ1) is 25.8. The van der Waals surface area contributed by atoms with Crippen molar-refractivity contribution in [2.45, 2.75) is 18.9 Å². The third-order valence-corrected chi connectivity index (χ3v) is 7.66. The summed E-state index contributed by atoms with van der Waals surface area (Å²) >= 11 is 9.75. The van der Waals surface area contributed by atoms with Gasteiger partial charge in [0.25, 0.3) is 5.56 Å². The number of imidazole rings is 1. The summed E-state index contributed by atoms with van der Waals surface area (Å²) in [5.74, 6) is 0.985. The topological polar surface area (TPSA) is 153 Å². The number of pyridine rings is 1. The van der Waals surface area contributed by atoms with Gasteiger partial charge in [-0.1, -0.05) is 11.6 Å². The Morgan fingerprint density at radius 1 is 1.23 bits per heavy atom. The van der Waals surface area contributed by atoms with E-state index in [1.54, 1.807) is 47.2 Å². The number of amides is 1. The molecule has 12 nitrogen and oxygen atoms in total. The molecule has 3 aromatic heterocycles. The molecule has 0 saturated heterocycles. The van der Waals surface area contributed by atoms with E-state index in [0.29, 0.717) is 62.2 Å². The minimum Gasteiger partial charge on any atom is -0.496 e. The van der Waals surface area contributed by atoms with Crippen LogP contribution in [0.1, 0.15) is 23.9 Å². The van der Waals surface area contributed by atoms with Crippen LogP contribution < -0.4 is 15.6 Å². The van der Waals surface area contributed by atoms with Crippen LogP contribution in [-0.4, -0.2) is 53.1 Å².